The van der Waals surface area contributed by atoms with Crippen LogP contribution in [0.1, 0.15) is 0 Å². The molecule has 5 nitrogen and oxygen atoms in total. The Morgan fingerprint density at radius 3 is 3.00 bits per heavy atom. The second-order valence-corrected chi connectivity index (χ2v) is 4.17. The van der Waals surface area contributed by atoms with Crippen LogP contribution in [0.5, 0.6) is 0 Å². The van der Waals surface area contributed by atoms with Crippen molar-refractivity contribution in [3.05, 3.63) is 35.3 Å². The van der Waals surface area contributed by atoms with Crippen molar-refractivity contribution < 1.29 is 0 Å². The van der Waals surface area contributed by atoms with Gasteiger partial charge in [-0.2, -0.15) is 5.10 Å². The van der Waals surface area contributed by atoms with E-state index in [0.717, 1.165) is 23.2 Å². The molecule has 0 saturated heterocycles. The first-order valence-electron chi connectivity index (χ1n) is 4.87. The third-order valence-corrected chi connectivity index (χ3v) is 2.71. The number of nitrogens with two attached hydrogens (primary N) is 1. The van der Waals surface area contributed by atoms with E-state index in [1.165, 1.54) is 0 Å². The molecule has 0 amide bonds. The number of halogens is 1. The predicted octanol–water partition coefficient (Wildman–Crippen LogP) is 1.73. The maximum absolute atomic E-state index is 5.57. The molecule has 3 N–H and O–H groups in total. The van der Waals surface area contributed by atoms with E-state index >= 15 is 0 Å². The molecule has 0 aromatic carbocycles. The first-order chi connectivity index (χ1) is 7.75. The minimum absolute atomic E-state index is 0.685. The van der Waals surface area contributed by atoms with Crippen molar-refractivity contribution in [1.82, 2.24) is 14.8 Å². The van der Waals surface area contributed by atoms with Gasteiger partial charge in [0.05, 0.1) is 28.6 Å². The molecule has 2 aromatic rings. The SMILES string of the molecule is Nc1cnn(CCNc2ccncc2Br)c1. The summed E-state index contributed by atoms with van der Waals surface area (Å²) in [7, 11) is 0. The lowest BCUT2D eigenvalue weighted by molar-refractivity contribution is 0.638. The van der Waals surface area contributed by atoms with Gasteiger partial charge in [0.1, 0.15) is 0 Å². The molecule has 2 rings (SSSR count). The molecule has 84 valence electrons. The summed E-state index contributed by atoms with van der Waals surface area (Å²) in [6.07, 6.45) is 6.96. The highest BCUT2D eigenvalue weighted by molar-refractivity contribution is 9.10. The Bertz CT molecular complexity index is 468. The minimum Gasteiger partial charge on any atom is -0.396 e. The number of aromatic nitrogens is 3. The highest BCUT2D eigenvalue weighted by Crippen LogP contribution is 2.19. The largest absolute Gasteiger partial charge is 0.396 e. The molecule has 0 radical (unpaired) electrons. The third-order valence-electron chi connectivity index (χ3n) is 2.08. The van der Waals surface area contributed by atoms with Gasteiger partial charge < -0.3 is 11.1 Å². The van der Waals surface area contributed by atoms with Gasteiger partial charge in [-0.3, -0.25) is 9.67 Å². The summed E-state index contributed by atoms with van der Waals surface area (Å²) >= 11 is 3.42. The van der Waals surface area contributed by atoms with Gasteiger partial charge in [-0.15, -0.1) is 0 Å². The van der Waals surface area contributed by atoms with Gasteiger partial charge in [0.2, 0.25) is 0 Å². The molecule has 0 aliphatic carbocycles. The zero-order chi connectivity index (χ0) is 11.4. The van der Waals surface area contributed by atoms with E-state index in [4.69, 9.17) is 5.73 Å². The second-order valence-electron chi connectivity index (χ2n) is 3.32. The minimum atomic E-state index is 0.685. The normalized spacial score (nSPS) is 10.3. The molecule has 16 heavy (non-hydrogen) atoms. The quantitative estimate of drug-likeness (QED) is 0.896. The molecule has 0 spiro atoms. The Hall–Kier alpha value is -1.56. The van der Waals surface area contributed by atoms with Crippen molar-refractivity contribution in [2.45, 2.75) is 6.54 Å². The number of hydrogen-bond donors (Lipinski definition) is 2. The summed E-state index contributed by atoms with van der Waals surface area (Å²) in [5.41, 5.74) is 7.27. The summed E-state index contributed by atoms with van der Waals surface area (Å²) in [4.78, 5) is 3.99. The summed E-state index contributed by atoms with van der Waals surface area (Å²) in [6.45, 7) is 1.55. The Kier molecular flexibility index (Phi) is 3.40. The zero-order valence-corrected chi connectivity index (χ0v) is 10.2. The fourth-order valence-corrected chi connectivity index (χ4v) is 1.72. The van der Waals surface area contributed by atoms with E-state index in [1.54, 1.807) is 23.3 Å². The smallest absolute Gasteiger partial charge is 0.0719 e. The van der Waals surface area contributed by atoms with Crippen LogP contribution >= 0.6 is 15.9 Å². The van der Waals surface area contributed by atoms with Crippen LogP contribution in [-0.2, 0) is 6.54 Å². The number of nitrogens with zero attached hydrogens (tertiary/aromatic N) is 3. The summed E-state index contributed by atoms with van der Waals surface area (Å²) < 4.78 is 2.76. The topological polar surface area (TPSA) is 68.8 Å². The first kappa shape index (κ1) is 10.9. The fraction of sp³-hybridized carbons (Fsp3) is 0.200. The van der Waals surface area contributed by atoms with E-state index in [-0.39, 0.29) is 0 Å². The van der Waals surface area contributed by atoms with Crippen molar-refractivity contribution in [2.24, 2.45) is 0 Å². The fourth-order valence-electron chi connectivity index (χ4n) is 1.33. The Morgan fingerprint density at radius 2 is 2.31 bits per heavy atom. The number of hydrogen-bond acceptors (Lipinski definition) is 4. The van der Waals surface area contributed by atoms with E-state index in [1.807, 2.05) is 12.3 Å². The second kappa shape index (κ2) is 4.98. The zero-order valence-electron chi connectivity index (χ0n) is 8.60. The monoisotopic (exact) mass is 281 g/mol. The average Bonchev–Trinajstić information content (AvgIpc) is 2.67. The van der Waals surface area contributed by atoms with Crippen LogP contribution in [0.4, 0.5) is 11.4 Å². The van der Waals surface area contributed by atoms with Crippen LogP contribution in [0.2, 0.25) is 0 Å². The molecule has 0 saturated carbocycles. The van der Waals surface area contributed by atoms with Gasteiger partial charge >= 0.3 is 0 Å². The van der Waals surface area contributed by atoms with E-state index in [2.05, 4.69) is 31.3 Å². The molecule has 6 heteroatoms. The lowest BCUT2D eigenvalue weighted by Gasteiger charge is -2.07. The standard InChI is InChI=1S/C10H12BrN5/c11-9-6-13-2-1-10(9)14-3-4-16-7-8(12)5-15-16/h1-2,5-7H,3-4,12H2,(H,13,14). The number of nitrogens with one attached hydrogen (secondary N) is 1. The van der Waals surface area contributed by atoms with Gasteiger partial charge in [0.15, 0.2) is 0 Å². The van der Waals surface area contributed by atoms with Gasteiger partial charge in [-0.05, 0) is 22.0 Å². The number of pyridine rings is 1. The molecular formula is C10H12BrN5. The molecule has 0 aliphatic rings. The molecule has 0 unspecified atom stereocenters. The average molecular weight is 282 g/mol. The first-order valence-corrected chi connectivity index (χ1v) is 5.66. The molecule has 2 aromatic heterocycles. The van der Waals surface area contributed by atoms with Crippen molar-refractivity contribution in [1.29, 1.82) is 0 Å². The molecule has 2 heterocycles. The lowest BCUT2D eigenvalue weighted by atomic mass is 10.4. The van der Waals surface area contributed by atoms with Crippen molar-refractivity contribution in [3.8, 4) is 0 Å². The van der Waals surface area contributed by atoms with Crippen LogP contribution in [0.25, 0.3) is 0 Å². The summed E-state index contributed by atoms with van der Waals surface area (Å²) in [5, 5.41) is 7.38. The van der Waals surface area contributed by atoms with Gasteiger partial charge in [0.25, 0.3) is 0 Å². The molecular weight excluding hydrogens is 270 g/mol. The van der Waals surface area contributed by atoms with Gasteiger partial charge in [-0.1, -0.05) is 0 Å². The molecule has 0 bridgehead atoms. The third kappa shape index (κ3) is 2.73. The van der Waals surface area contributed by atoms with Crippen LogP contribution in [-0.4, -0.2) is 21.3 Å². The van der Waals surface area contributed by atoms with Crippen molar-refractivity contribution in [2.75, 3.05) is 17.6 Å². The van der Waals surface area contributed by atoms with E-state index < -0.39 is 0 Å². The Morgan fingerprint density at radius 1 is 1.44 bits per heavy atom. The Balaban J connectivity index is 1.87. The number of nitrogen functional groups attached to an aromatic ring is 1. The molecule has 0 fully saturated rings. The highest BCUT2D eigenvalue weighted by Gasteiger charge is 1.98. The van der Waals surface area contributed by atoms with E-state index in [9.17, 15) is 0 Å². The number of anilines is 2. The summed E-state index contributed by atoms with van der Waals surface area (Å²) in [6, 6.07) is 1.92. The molecule has 0 atom stereocenters. The Labute approximate surface area is 102 Å². The van der Waals surface area contributed by atoms with E-state index in [0.29, 0.717) is 5.69 Å². The number of rotatable bonds is 4. The van der Waals surface area contributed by atoms with Crippen molar-refractivity contribution in [3.63, 3.8) is 0 Å². The highest BCUT2D eigenvalue weighted by atomic mass is 79.9. The van der Waals surface area contributed by atoms with Crippen molar-refractivity contribution >= 4 is 27.3 Å². The van der Waals surface area contributed by atoms with Crippen LogP contribution in [0, 0.1) is 0 Å². The van der Waals surface area contributed by atoms with Crippen LogP contribution in [0.3, 0.4) is 0 Å². The van der Waals surface area contributed by atoms with Gasteiger partial charge in [-0.25, -0.2) is 0 Å². The predicted molar refractivity (Wildman–Crippen MR) is 67.1 cm³/mol. The maximum atomic E-state index is 5.57. The lowest BCUT2D eigenvalue weighted by Crippen LogP contribution is -2.11. The summed E-state index contributed by atoms with van der Waals surface area (Å²) in [5.74, 6) is 0. The van der Waals surface area contributed by atoms with Crippen LogP contribution < -0.4 is 11.1 Å². The van der Waals surface area contributed by atoms with Gasteiger partial charge in [0, 0.05) is 25.1 Å². The van der Waals surface area contributed by atoms with Crippen LogP contribution in [0.15, 0.2) is 35.3 Å². The maximum Gasteiger partial charge on any atom is 0.0719 e. The molecule has 0 aliphatic heterocycles.